The number of hydrogen-bond acceptors (Lipinski definition) is 6. The topological polar surface area (TPSA) is 72.5 Å². The van der Waals surface area contributed by atoms with Crippen molar-refractivity contribution in [1.29, 1.82) is 0 Å². The molecule has 7 heteroatoms. The average Bonchev–Trinajstić information content (AvgIpc) is 2.90. The number of rotatable bonds is 8. The van der Waals surface area contributed by atoms with Crippen molar-refractivity contribution in [3.05, 3.63) is 70.9 Å². The van der Waals surface area contributed by atoms with Crippen molar-refractivity contribution in [2.45, 2.75) is 43.7 Å². The minimum Gasteiger partial charge on any atom is -0.497 e. The first-order valence-electron chi connectivity index (χ1n) is 12.4. The molecule has 0 spiro atoms. The highest BCUT2D eigenvalue weighted by atomic mass is 35.5. The molecule has 3 aromatic rings. The smallest absolute Gasteiger partial charge is 0.309 e. The highest BCUT2D eigenvalue weighted by Crippen LogP contribution is 2.40. The highest BCUT2D eigenvalue weighted by Gasteiger charge is 2.44. The van der Waals surface area contributed by atoms with Gasteiger partial charge in [-0.05, 0) is 74.6 Å². The normalized spacial score (nSPS) is 22.5. The number of nitrogens with one attached hydrogen (secondary N) is 2. The summed E-state index contributed by atoms with van der Waals surface area (Å²) < 4.78 is 11.4. The number of piperidine rings is 1. The number of esters is 1. The Bertz CT molecular complexity index is 1170. The summed E-state index contributed by atoms with van der Waals surface area (Å²) in [5, 5.41) is 8.66. The van der Waals surface area contributed by atoms with E-state index in [1.165, 1.54) is 5.56 Å². The third-order valence-corrected chi connectivity index (χ3v) is 7.70. The molecule has 2 heterocycles. The van der Waals surface area contributed by atoms with Gasteiger partial charge in [-0.15, -0.1) is 0 Å². The van der Waals surface area contributed by atoms with Crippen LogP contribution in [0.5, 0.6) is 5.75 Å². The maximum Gasteiger partial charge on any atom is 0.309 e. The van der Waals surface area contributed by atoms with Gasteiger partial charge >= 0.3 is 5.97 Å². The molecule has 0 amide bonds. The summed E-state index contributed by atoms with van der Waals surface area (Å²) in [4.78, 5) is 17.3. The van der Waals surface area contributed by atoms with Gasteiger partial charge in [0.2, 0.25) is 0 Å². The number of halogens is 1. The van der Waals surface area contributed by atoms with Crippen LogP contribution in [0.2, 0.25) is 5.02 Å². The average molecular weight is 494 g/mol. The van der Waals surface area contributed by atoms with Gasteiger partial charge in [-0.25, -0.2) is 0 Å². The Labute approximate surface area is 211 Å². The van der Waals surface area contributed by atoms with E-state index >= 15 is 0 Å². The van der Waals surface area contributed by atoms with Crippen LogP contribution >= 0.6 is 11.6 Å². The molecule has 1 saturated carbocycles. The number of ether oxygens (including phenoxy) is 2. The molecular weight excluding hydrogens is 462 g/mol. The fourth-order valence-electron chi connectivity index (χ4n) is 5.30. The fourth-order valence-corrected chi connectivity index (χ4v) is 5.54. The zero-order chi connectivity index (χ0) is 24.2. The molecule has 2 fully saturated rings. The van der Waals surface area contributed by atoms with E-state index in [4.69, 9.17) is 21.1 Å². The van der Waals surface area contributed by atoms with Crippen molar-refractivity contribution in [1.82, 2.24) is 15.6 Å². The molecule has 5 rings (SSSR count). The lowest BCUT2D eigenvalue weighted by atomic mass is 9.72. The number of pyridine rings is 1. The molecule has 3 unspecified atom stereocenters. The van der Waals surface area contributed by atoms with Crippen molar-refractivity contribution >= 4 is 28.5 Å². The second kappa shape index (κ2) is 10.9. The number of hydrogen-bond donors (Lipinski definition) is 2. The fraction of sp³-hybridized carbons (Fsp3) is 0.429. The van der Waals surface area contributed by atoms with Crippen LogP contribution in [-0.2, 0) is 16.0 Å². The van der Waals surface area contributed by atoms with Crippen LogP contribution in [0.4, 0.5) is 0 Å². The Morgan fingerprint density at radius 1 is 1.17 bits per heavy atom. The van der Waals surface area contributed by atoms with Crippen molar-refractivity contribution in [3.63, 3.8) is 0 Å². The van der Waals surface area contributed by atoms with E-state index in [1.807, 2.05) is 24.3 Å². The molecule has 2 N–H and O–H groups in total. The van der Waals surface area contributed by atoms with Crippen LogP contribution in [0.1, 0.15) is 36.3 Å². The van der Waals surface area contributed by atoms with Gasteiger partial charge in [-0.3, -0.25) is 9.78 Å². The van der Waals surface area contributed by atoms with Gasteiger partial charge in [0.15, 0.2) is 0 Å². The summed E-state index contributed by atoms with van der Waals surface area (Å²) >= 11 is 6.56. The van der Waals surface area contributed by atoms with E-state index in [2.05, 4.69) is 39.9 Å². The van der Waals surface area contributed by atoms with E-state index in [9.17, 15) is 4.79 Å². The lowest BCUT2D eigenvalue weighted by Crippen LogP contribution is -2.56. The van der Waals surface area contributed by atoms with Crippen molar-refractivity contribution < 1.29 is 14.3 Å². The summed E-state index contributed by atoms with van der Waals surface area (Å²) in [6.07, 6.45) is 4.87. The molecular formula is C28H32ClN3O3. The molecule has 35 heavy (non-hydrogen) atoms. The largest absolute Gasteiger partial charge is 0.497 e. The minimum atomic E-state index is -0.118. The quantitative estimate of drug-likeness (QED) is 0.450. The van der Waals surface area contributed by atoms with Gasteiger partial charge in [0.1, 0.15) is 11.9 Å². The lowest BCUT2D eigenvalue weighted by molar-refractivity contribution is -0.162. The number of methoxy groups -OCH3 is 1. The molecule has 1 saturated heterocycles. The Kier molecular flexibility index (Phi) is 7.51. The van der Waals surface area contributed by atoms with Gasteiger partial charge in [-0.1, -0.05) is 41.9 Å². The van der Waals surface area contributed by atoms with Crippen LogP contribution < -0.4 is 15.4 Å². The maximum absolute atomic E-state index is 12.8. The van der Waals surface area contributed by atoms with Crippen LogP contribution in [0.3, 0.4) is 0 Å². The second-order valence-corrected chi connectivity index (χ2v) is 9.86. The van der Waals surface area contributed by atoms with Crippen LogP contribution in [0, 0.1) is 5.92 Å². The molecule has 1 aromatic heterocycles. The molecule has 3 atom stereocenters. The number of benzene rings is 2. The molecule has 2 aromatic carbocycles. The summed E-state index contributed by atoms with van der Waals surface area (Å²) in [7, 11) is 1.66. The number of carbonyl (C=O) groups is 1. The third kappa shape index (κ3) is 5.30. The summed E-state index contributed by atoms with van der Waals surface area (Å²) in [6.45, 7) is 2.47. The molecule has 1 aliphatic carbocycles. The van der Waals surface area contributed by atoms with Crippen molar-refractivity contribution in [2.75, 3.05) is 26.7 Å². The standard InChI is InChI=1S/C28H32ClN3O3/c1-34-20-7-8-25-23(15-20)21(24(29)17-32-25)11-14-31-27-22(18-5-3-2-4-6-18)16-26(27)35-28(33)19-9-12-30-13-10-19/h2-8,15,17,19,22,26-27,30-31H,9-14,16H2,1H3. The van der Waals surface area contributed by atoms with Gasteiger partial charge in [0.25, 0.3) is 0 Å². The zero-order valence-corrected chi connectivity index (χ0v) is 20.8. The lowest BCUT2D eigenvalue weighted by Gasteiger charge is -2.45. The SMILES string of the molecule is COc1ccc2ncc(Cl)c(CCNC3C(OC(=O)C4CCNCC4)CC3c3ccccc3)c2c1. The molecule has 184 valence electrons. The number of nitrogens with zero attached hydrogens (tertiary/aromatic N) is 1. The molecule has 2 aliphatic rings. The van der Waals surface area contributed by atoms with Gasteiger partial charge in [-0.2, -0.15) is 0 Å². The van der Waals surface area contributed by atoms with Gasteiger partial charge in [0.05, 0.1) is 29.6 Å². The summed E-state index contributed by atoms with van der Waals surface area (Å²) in [5.41, 5.74) is 3.21. The van der Waals surface area contributed by atoms with Crippen LogP contribution in [0.25, 0.3) is 10.9 Å². The first-order chi connectivity index (χ1) is 17.1. The molecule has 0 bridgehead atoms. The first-order valence-corrected chi connectivity index (χ1v) is 12.8. The van der Waals surface area contributed by atoms with E-state index in [0.29, 0.717) is 17.5 Å². The third-order valence-electron chi connectivity index (χ3n) is 7.38. The first kappa shape index (κ1) is 24.0. The van der Waals surface area contributed by atoms with Crippen molar-refractivity contribution in [2.24, 2.45) is 5.92 Å². The Hall–Kier alpha value is -2.67. The number of aromatic nitrogens is 1. The summed E-state index contributed by atoms with van der Waals surface area (Å²) in [6, 6.07) is 16.4. The van der Waals surface area contributed by atoms with Gasteiger partial charge < -0.3 is 20.1 Å². The zero-order valence-electron chi connectivity index (χ0n) is 20.0. The van der Waals surface area contributed by atoms with E-state index in [-0.39, 0.29) is 24.0 Å². The predicted molar refractivity (Wildman–Crippen MR) is 138 cm³/mol. The van der Waals surface area contributed by atoms with E-state index in [0.717, 1.165) is 61.0 Å². The summed E-state index contributed by atoms with van der Waals surface area (Å²) in [5.74, 6) is 1.05. The second-order valence-electron chi connectivity index (χ2n) is 9.45. The minimum absolute atomic E-state index is 0.00430. The molecule has 6 nitrogen and oxygen atoms in total. The number of carbonyl (C=O) groups excluding carboxylic acids is 1. The van der Waals surface area contributed by atoms with E-state index < -0.39 is 0 Å². The Morgan fingerprint density at radius 3 is 2.74 bits per heavy atom. The molecule has 0 radical (unpaired) electrons. The van der Waals surface area contributed by atoms with Crippen molar-refractivity contribution in [3.8, 4) is 5.75 Å². The Morgan fingerprint density at radius 2 is 1.97 bits per heavy atom. The van der Waals surface area contributed by atoms with E-state index in [1.54, 1.807) is 13.3 Å². The van der Waals surface area contributed by atoms with Gasteiger partial charge in [0, 0.05) is 17.5 Å². The predicted octanol–water partition coefficient (Wildman–Crippen LogP) is 4.50. The van der Waals surface area contributed by atoms with Crippen LogP contribution in [0.15, 0.2) is 54.7 Å². The highest BCUT2D eigenvalue weighted by molar-refractivity contribution is 6.32. The monoisotopic (exact) mass is 493 g/mol. The molecule has 1 aliphatic heterocycles. The number of fused-ring (bicyclic) bond motifs is 1. The van der Waals surface area contributed by atoms with Crippen LogP contribution in [-0.4, -0.2) is 49.8 Å². The Balaban J connectivity index is 1.29. The maximum atomic E-state index is 12.8.